The first kappa shape index (κ1) is 22.2. The lowest BCUT2D eigenvalue weighted by Gasteiger charge is -2.15. The van der Waals surface area contributed by atoms with E-state index in [-0.39, 0.29) is 30.0 Å². The molecule has 31 heavy (non-hydrogen) atoms. The third kappa shape index (κ3) is 5.38. The number of imide groups is 1. The molecule has 3 rings (SSSR count). The van der Waals surface area contributed by atoms with Gasteiger partial charge in [-0.3, -0.25) is 19.3 Å². The number of aryl methyl sites for hydroxylation is 1. The van der Waals surface area contributed by atoms with Crippen molar-refractivity contribution in [2.75, 3.05) is 30.4 Å². The van der Waals surface area contributed by atoms with Crippen LogP contribution in [0.1, 0.15) is 31.4 Å². The molecule has 0 saturated heterocycles. The van der Waals surface area contributed by atoms with Crippen LogP contribution in [0.5, 0.6) is 0 Å². The molecule has 0 aliphatic carbocycles. The molecule has 0 unspecified atom stereocenters. The van der Waals surface area contributed by atoms with Crippen LogP contribution in [0.3, 0.4) is 0 Å². The number of anilines is 2. The predicted octanol–water partition coefficient (Wildman–Crippen LogP) is 3.57. The first-order valence-electron chi connectivity index (χ1n) is 10.3. The van der Waals surface area contributed by atoms with Crippen LogP contribution in [-0.2, 0) is 19.1 Å². The molecule has 1 aliphatic rings. The molecular formula is C24H27N3O4. The van der Waals surface area contributed by atoms with E-state index in [4.69, 9.17) is 4.74 Å². The molecule has 2 N–H and O–H groups in total. The highest BCUT2D eigenvalue weighted by molar-refractivity contribution is 6.36. The van der Waals surface area contributed by atoms with E-state index in [0.717, 1.165) is 11.3 Å². The second kappa shape index (κ2) is 10.0. The van der Waals surface area contributed by atoms with Gasteiger partial charge >= 0.3 is 0 Å². The molecule has 2 aromatic carbocycles. The second-order valence-electron chi connectivity index (χ2n) is 7.31. The van der Waals surface area contributed by atoms with Crippen molar-refractivity contribution in [1.82, 2.24) is 4.90 Å². The number of ether oxygens (including phenoxy) is 1. The number of carbonyl (C=O) groups is 3. The molecule has 0 aromatic heterocycles. The van der Waals surface area contributed by atoms with Gasteiger partial charge in [-0.15, -0.1) is 0 Å². The van der Waals surface area contributed by atoms with Gasteiger partial charge in [0.1, 0.15) is 5.70 Å². The highest BCUT2D eigenvalue weighted by atomic mass is 16.5. The van der Waals surface area contributed by atoms with E-state index in [1.54, 1.807) is 24.3 Å². The summed E-state index contributed by atoms with van der Waals surface area (Å²) >= 11 is 0. The maximum Gasteiger partial charge on any atom is 0.278 e. The van der Waals surface area contributed by atoms with Gasteiger partial charge in [-0.05, 0) is 50.1 Å². The van der Waals surface area contributed by atoms with Crippen LogP contribution in [0.2, 0.25) is 0 Å². The van der Waals surface area contributed by atoms with Crippen molar-refractivity contribution in [2.24, 2.45) is 0 Å². The van der Waals surface area contributed by atoms with Crippen LogP contribution in [0.25, 0.3) is 5.57 Å². The van der Waals surface area contributed by atoms with E-state index in [2.05, 4.69) is 10.6 Å². The van der Waals surface area contributed by atoms with Gasteiger partial charge < -0.3 is 15.4 Å². The lowest BCUT2D eigenvalue weighted by atomic mass is 10.0. The summed E-state index contributed by atoms with van der Waals surface area (Å²) in [5.41, 5.74) is 3.61. The smallest absolute Gasteiger partial charge is 0.278 e. The summed E-state index contributed by atoms with van der Waals surface area (Å²) < 4.78 is 5.34. The maximum absolute atomic E-state index is 13.2. The van der Waals surface area contributed by atoms with Crippen LogP contribution >= 0.6 is 0 Å². The summed E-state index contributed by atoms with van der Waals surface area (Å²) in [4.78, 5) is 38.9. The van der Waals surface area contributed by atoms with Crippen molar-refractivity contribution < 1.29 is 19.1 Å². The number of nitrogens with one attached hydrogen (secondary N) is 2. The molecule has 162 valence electrons. The zero-order valence-corrected chi connectivity index (χ0v) is 18.0. The van der Waals surface area contributed by atoms with E-state index >= 15 is 0 Å². The van der Waals surface area contributed by atoms with Crippen molar-refractivity contribution in [3.05, 3.63) is 65.4 Å². The average molecular weight is 421 g/mol. The number of hydrogen-bond acceptors (Lipinski definition) is 5. The van der Waals surface area contributed by atoms with Gasteiger partial charge in [-0.25, -0.2) is 0 Å². The summed E-state index contributed by atoms with van der Waals surface area (Å²) in [5, 5.41) is 5.84. The van der Waals surface area contributed by atoms with Gasteiger partial charge in [0.25, 0.3) is 11.8 Å². The monoisotopic (exact) mass is 421 g/mol. The number of rotatable bonds is 9. The lowest BCUT2D eigenvalue weighted by molar-refractivity contribution is -0.137. The number of benzene rings is 2. The zero-order chi connectivity index (χ0) is 22.4. The summed E-state index contributed by atoms with van der Waals surface area (Å²) in [6.07, 6.45) is 0.567. The predicted molar refractivity (Wildman–Crippen MR) is 120 cm³/mol. The number of carbonyl (C=O) groups excluding carboxylic acids is 3. The zero-order valence-electron chi connectivity index (χ0n) is 18.0. The van der Waals surface area contributed by atoms with E-state index < -0.39 is 0 Å². The molecule has 0 spiro atoms. The summed E-state index contributed by atoms with van der Waals surface area (Å²) in [6.45, 7) is 6.67. The molecule has 7 heteroatoms. The normalized spacial score (nSPS) is 13.7. The molecule has 7 nitrogen and oxygen atoms in total. The summed E-state index contributed by atoms with van der Waals surface area (Å²) in [6, 6.07) is 14.5. The van der Waals surface area contributed by atoms with Gasteiger partial charge in [0.05, 0.1) is 5.57 Å². The quantitative estimate of drug-likeness (QED) is 0.477. The second-order valence-corrected chi connectivity index (χ2v) is 7.31. The first-order chi connectivity index (χ1) is 14.9. The Balaban J connectivity index is 1.92. The minimum atomic E-state index is -0.358. The number of nitrogens with zero attached hydrogens (tertiary/aromatic N) is 1. The molecule has 0 bridgehead atoms. The standard InChI is InChI=1S/C24H27N3O4/c1-4-31-15-5-14-27-23(29)21(18-8-12-19(13-9-18)25-17(3)28)22(24(27)30)26-20-10-6-16(2)7-11-20/h6-13,26H,4-5,14-15H2,1-3H3,(H,25,28). The Kier molecular flexibility index (Phi) is 7.20. The first-order valence-corrected chi connectivity index (χ1v) is 10.3. The van der Waals surface area contributed by atoms with Crippen LogP contribution in [0.15, 0.2) is 54.2 Å². The van der Waals surface area contributed by atoms with Crippen LogP contribution in [0.4, 0.5) is 11.4 Å². The fourth-order valence-electron chi connectivity index (χ4n) is 3.34. The van der Waals surface area contributed by atoms with Crippen molar-refractivity contribution >= 4 is 34.7 Å². The molecule has 0 fully saturated rings. The van der Waals surface area contributed by atoms with Gasteiger partial charge in [0.2, 0.25) is 5.91 Å². The Morgan fingerprint density at radius 1 is 0.968 bits per heavy atom. The molecule has 0 atom stereocenters. The highest BCUT2D eigenvalue weighted by Gasteiger charge is 2.38. The van der Waals surface area contributed by atoms with Crippen molar-refractivity contribution in [3.63, 3.8) is 0 Å². The Bertz CT molecular complexity index is 994. The Morgan fingerprint density at radius 3 is 2.23 bits per heavy atom. The van der Waals surface area contributed by atoms with Crippen LogP contribution < -0.4 is 10.6 Å². The number of hydrogen-bond donors (Lipinski definition) is 2. The SMILES string of the molecule is CCOCCCN1C(=O)C(Nc2ccc(C)cc2)=C(c2ccc(NC(C)=O)cc2)C1=O. The Hall–Kier alpha value is -3.45. The minimum Gasteiger partial charge on any atom is -0.382 e. The lowest BCUT2D eigenvalue weighted by Crippen LogP contribution is -2.34. The van der Waals surface area contributed by atoms with E-state index in [0.29, 0.717) is 36.5 Å². The Labute approximate surface area is 182 Å². The fraction of sp³-hybridized carbons (Fsp3) is 0.292. The average Bonchev–Trinajstić information content (AvgIpc) is 2.97. The highest BCUT2D eigenvalue weighted by Crippen LogP contribution is 2.31. The molecule has 0 saturated carbocycles. The van der Waals surface area contributed by atoms with Crippen LogP contribution in [0, 0.1) is 6.92 Å². The molecule has 1 aliphatic heterocycles. The van der Waals surface area contributed by atoms with Gasteiger partial charge in [-0.2, -0.15) is 0 Å². The third-order valence-electron chi connectivity index (χ3n) is 4.86. The topological polar surface area (TPSA) is 87.7 Å². The summed E-state index contributed by atoms with van der Waals surface area (Å²) in [7, 11) is 0. The van der Waals surface area contributed by atoms with Gasteiger partial charge in [0.15, 0.2) is 0 Å². The minimum absolute atomic E-state index is 0.179. The number of amides is 3. The molecule has 3 amide bonds. The van der Waals surface area contributed by atoms with Crippen LogP contribution in [-0.4, -0.2) is 42.4 Å². The van der Waals surface area contributed by atoms with Gasteiger partial charge in [-0.1, -0.05) is 29.8 Å². The van der Waals surface area contributed by atoms with E-state index in [9.17, 15) is 14.4 Å². The molecule has 2 aromatic rings. The third-order valence-corrected chi connectivity index (χ3v) is 4.86. The Morgan fingerprint density at radius 2 is 1.61 bits per heavy atom. The van der Waals surface area contributed by atoms with Crippen molar-refractivity contribution in [1.29, 1.82) is 0 Å². The van der Waals surface area contributed by atoms with Gasteiger partial charge in [0, 0.05) is 38.1 Å². The molecule has 0 radical (unpaired) electrons. The van der Waals surface area contributed by atoms with E-state index in [1.165, 1.54) is 11.8 Å². The van der Waals surface area contributed by atoms with Crippen molar-refractivity contribution in [3.8, 4) is 0 Å². The van der Waals surface area contributed by atoms with Crippen molar-refractivity contribution in [2.45, 2.75) is 27.2 Å². The fourth-order valence-corrected chi connectivity index (χ4v) is 3.34. The molecule has 1 heterocycles. The largest absolute Gasteiger partial charge is 0.382 e. The van der Waals surface area contributed by atoms with E-state index in [1.807, 2.05) is 38.1 Å². The molecular weight excluding hydrogens is 394 g/mol. The maximum atomic E-state index is 13.2. The summed E-state index contributed by atoms with van der Waals surface area (Å²) in [5.74, 6) is -0.882.